The Kier molecular flexibility index (Phi) is 5.30. The van der Waals surface area contributed by atoms with Gasteiger partial charge < -0.3 is 14.4 Å². The second kappa shape index (κ2) is 8.18. The van der Waals surface area contributed by atoms with E-state index in [1.54, 1.807) is 18.5 Å². The van der Waals surface area contributed by atoms with Crippen LogP contribution in [0.2, 0.25) is 0 Å². The van der Waals surface area contributed by atoms with E-state index in [1.807, 2.05) is 53.4 Å². The van der Waals surface area contributed by atoms with Gasteiger partial charge in [-0.15, -0.1) is 0 Å². The molecule has 0 radical (unpaired) electrons. The lowest BCUT2D eigenvalue weighted by atomic mass is 10.0. The summed E-state index contributed by atoms with van der Waals surface area (Å²) in [5, 5.41) is 0. The first-order valence-corrected chi connectivity index (χ1v) is 9.24. The molecule has 5 heteroatoms. The van der Waals surface area contributed by atoms with Crippen molar-refractivity contribution in [3.63, 3.8) is 0 Å². The van der Waals surface area contributed by atoms with Crippen LogP contribution in [-0.2, 0) is 16.1 Å². The molecule has 0 bridgehead atoms. The van der Waals surface area contributed by atoms with Gasteiger partial charge in [0.2, 0.25) is 0 Å². The number of carbonyl (C=O) groups is 1. The Morgan fingerprint density at radius 1 is 1.22 bits per heavy atom. The number of pyridine rings is 1. The number of piperidine rings is 1. The van der Waals surface area contributed by atoms with E-state index < -0.39 is 0 Å². The number of hydrogen-bond donors (Lipinski definition) is 0. The van der Waals surface area contributed by atoms with Crippen molar-refractivity contribution in [3.8, 4) is 5.75 Å². The molecule has 138 valence electrons. The third-order valence-electron chi connectivity index (χ3n) is 4.78. The van der Waals surface area contributed by atoms with Gasteiger partial charge in [-0.2, -0.15) is 0 Å². The van der Waals surface area contributed by atoms with Crippen molar-refractivity contribution >= 4 is 12.0 Å². The zero-order valence-corrected chi connectivity index (χ0v) is 15.1. The van der Waals surface area contributed by atoms with E-state index in [1.165, 1.54) is 0 Å². The minimum absolute atomic E-state index is 0.0117. The molecule has 0 saturated carbocycles. The number of nitrogens with zero attached hydrogens (tertiary/aromatic N) is 2. The fourth-order valence-electron chi connectivity index (χ4n) is 3.36. The Hall–Kier alpha value is -2.92. The van der Waals surface area contributed by atoms with Gasteiger partial charge in [0, 0.05) is 30.4 Å². The Balaban J connectivity index is 1.42. The van der Waals surface area contributed by atoms with Gasteiger partial charge in [0.1, 0.15) is 5.75 Å². The number of hydrogen-bond acceptors (Lipinski definition) is 4. The molecule has 2 aliphatic rings. The number of fused-ring (bicyclic) bond motifs is 1. The van der Waals surface area contributed by atoms with Gasteiger partial charge in [0.15, 0.2) is 0 Å². The number of ether oxygens (including phenoxy) is 2. The monoisotopic (exact) mass is 362 g/mol. The fourth-order valence-corrected chi connectivity index (χ4v) is 3.36. The van der Waals surface area contributed by atoms with E-state index in [9.17, 15) is 4.79 Å². The molecule has 0 N–H and O–H groups in total. The van der Waals surface area contributed by atoms with E-state index in [4.69, 9.17) is 9.47 Å². The highest BCUT2D eigenvalue weighted by Crippen LogP contribution is 2.26. The fraction of sp³-hybridized carbons (Fsp3) is 0.273. The number of rotatable bonds is 4. The van der Waals surface area contributed by atoms with Crippen molar-refractivity contribution in [2.24, 2.45) is 0 Å². The van der Waals surface area contributed by atoms with Gasteiger partial charge in [0.25, 0.3) is 5.91 Å². The second-order valence-corrected chi connectivity index (χ2v) is 6.71. The minimum Gasteiger partial charge on any atom is -0.464 e. The Morgan fingerprint density at radius 3 is 3.00 bits per heavy atom. The van der Waals surface area contributed by atoms with Crippen LogP contribution in [0.5, 0.6) is 5.75 Å². The summed E-state index contributed by atoms with van der Waals surface area (Å²) < 4.78 is 11.6. The molecule has 1 aromatic heterocycles. The van der Waals surface area contributed by atoms with E-state index in [0.29, 0.717) is 18.7 Å². The summed E-state index contributed by atoms with van der Waals surface area (Å²) in [6.07, 6.45) is 8.89. The normalized spacial score (nSPS) is 18.9. The molecule has 0 aliphatic carbocycles. The van der Waals surface area contributed by atoms with Gasteiger partial charge in [-0.05, 0) is 43.2 Å². The third kappa shape index (κ3) is 4.26. The first kappa shape index (κ1) is 17.5. The van der Waals surface area contributed by atoms with E-state index in [-0.39, 0.29) is 12.0 Å². The molecule has 27 heavy (non-hydrogen) atoms. The zero-order valence-electron chi connectivity index (χ0n) is 15.1. The van der Waals surface area contributed by atoms with E-state index in [2.05, 4.69) is 4.98 Å². The number of aromatic nitrogens is 1. The maximum atomic E-state index is 13.0. The van der Waals surface area contributed by atoms with Gasteiger partial charge in [-0.1, -0.05) is 24.3 Å². The molecule has 2 aliphatic heterocycles. The molecular weight excluding hydrogens is 340 g/mol. The highest BCUT2D eigenvalue weighted by Gasteiger charge is 2.26. The molecule has 2 aromatic rings. The molecule has 0 spiro atoms. The van der Waals surface area contributed by atoms with Gasteiger partial charge >= 0.3 is 0 Å². The second-order valence-electron chi connectivity index (χ2n) is 6.71. The van der Waals surface area contributed by atoms with Crippen LogP contribution in [0.3, 0.4) is 0 Å². The number of benzene rings is 1. The molecular formula is C22H22N2O3. The zero-order chi connectivity index (χ0) is 18.5. The van der Waals surface area contributed by atoms with Crippen LogP contribution < -0.4 is 4.74 Å². The lowest BCUT2D eigenvalue weighted by Gasteiger charge is -2.32. The number of amides is 1. The summed E-state index contributed by atoms with van der Waals surface area (Å²) in [5.74, 6) is 0.768. The van der Waals surface area contributed by atoms with Crippen molar-refractivity contribution in [1.82, 2.24) is 9.88 Å². The van der Waals surface area contributed by atoms with Crippen LogP contribution in [0.15, 0.2) is 66.6 Å². The highest BCUT2D eigenvalue weighted by molar-refractivity contribution is 6.01. The maximum Gasteiger partial charge on any atom is 0.254 e. The first-order chi connectivity index (χ1) is 13.3. The third-order valence-corrected chi connectivity index (χ3v) is 4.78. The van der Waals surface area contributed by atoms with Crippen molar-refractivity contribution in [3.05, 3.63) is 77.8 Å². The lowest BCUT2D eigenvalue weighted by Crippen LogP contribution is -2.43. The lowest BCUT2D eigenvalue weighted by molar-refractivity contribution is -0.131. The maximum absolute atomic E-state index is 13.0. The van der Waals surface area contributed by atoms with Crippen molar-refractivity contribution in [2.45, 2.75) is 25.6 Å². The van der Waals surface area contributed by atoms with E-state index in [0.717, 1.165) is 36.4 Å². The number of likely N-dealkylation sites (tertiary alicyclic amines) is 1. The minimum atomic E-state index is 0.0117. The van der Waals surface area contributed by atoms with Crippen LogP contribution >= 0.6 is 0 Å². The molecule has 1 fully saturated rings. The van der Waals surface area contributed by atoms with Crippen LogP contribution in [0.1, 0.15) is 24.1 Å². The smallest absolute Gasteiger partial charge is 0.254 e. The van der Waals surface area contributed by atoms with Gasteiger partial charge in [-0.3, -0.25) is 9.78 Å². The van der Waals surface area contributed by atoms with Gasteiger partial charge in [0.05, 0.1) is 24.7 Å². The summed E-state index contributed by atoms with van der Waals surface area (Å²) in [5.41, 5.74) is 2.44. The largest absolute Gasteiger partial charge is 0.464 e. The first-order valence-electron chi connectivity index (χ1n) is 9.24. The highest BCUT2D eigenvalue weighted by atomic mass is 16.5. The molecule has 1 atom stereocenters. The van der Waals surface area contributed by atoms with Crippen LogP contribution in [0.25, 0.3) is 6.08 Å². The number of carbonyl (C=O) groups excluding carboxylic acids is 1. The molecule has 5 nitrogen and oxygen atoms in total. The van der Waals surface area contributed by atoms with E-state index >= 15 is 0 Å². The van der Waals surface area contributed by atoms with Crippen LogP contribution in [-0.4, -0.2) is 35.0 Å². The average Bonchev–Trinajstić information content (AvgIpc) is 2.95. The predicted molar refractivity (Wildman–Crippen MR) is 103 cm³/mol. The van der Waals surface area contributed by atoms with Gasteiger partial charge in [-0.25, -0.2) is 0 Å². The summed E-state index contributed by atoms with van der Waals surface area (Å²) in [6.45, 7) is 1.81. The summed E-state index contributed by atoms with van der Waals surface area (Å²) in [6, 6.07) is 13.5. The van der Waals surface area contributed by atoms with Crippen molar-refractivity contribution in [1.29, 1.82) is 0 Å². The Labute approximate surface area is 158 Å². The predicted octanol–water partition coefficient (Wildman–Crippen LogP) is 3.58. The standard InChI is InChI=1S/C22H22N2O3/c25-22(18-10-13-26-21-9-2-1-6-17(21)14-18)24-12-5-8-20(15-24)27-16-19-7-3-4-11-23-19/h1-4,6-7,9-11,13-14,20H,5,8,12,15-16H2/t20-/m0/s1. The molecule has 1 aromatic carbocycles. The van der Waals surface area contributed by atoms with Crippen molar-refractivity contribution in [2.75, 3.05) is 13.1 Å². The SMILES string of the molecule is O=C(C1=Cc2ccccc2OC=C1)N1CCC[C@H](OCc2ccccn2)C1. The molecule has 3 heterocycles. The molecule has 1 amide bonds. The van der Waals surface area contributed by atoms with Crippen LogP contribution in [0.4, 0.5) is 0 Å². The molecule has 1 saturated heterocycles. The Bertz CT molecular complexity index is 861. The topological polar surface area (TPSA) is 51.7 Å². The Morgan fingerprint density at radius 2 is 2.11 bits per heavy atom. The summed E-state index contributed by atoms with van der Waals surface area (Å²) in [4.78, 5) is 19.2. The quantitative estimate of drug-likeness (QED) is 0.834. The molecule has 0 unspecified atom stereocenters. The van der Waals surface area contributed by atoms with Crippen molar-refractivity contribution < 1.29 is 14.3 Å². The van der Waals surface area contributed by atoms with Crippen LogP contribution in [0, 0.1) is 0 Å². The number of para-hydroxylation sites is 1. The molecule has 4 rings (SSSR count). The summed E-state index contributed by atoms with van der Waals surface area (Å²) >= 11 is 0. The average molecular weight is 362 g/mol. The summed E-state index contributed by atoms with van der Waals surface area (Å²) in [7, 11) is 0.